The quantitative estimate of drug-likeness (QED) is 0.569. The highest BCUT2D eigenvalue weighted by Gasteiger charge is 2.30. The number of aromatic nitrogens is 2. The third-order valence-electron chi connectivity index (χ3n) is 2.72. The Labute approximate surface area is 110 Å². The molecule has 1 saturated heterocycles. The van der Waals surface area contributed by atoms with Crippen LogP contribution in [0, 0.1) is 6.92 Å². The fourth-order valence-corrected chi connectivity index (χ4v) is 2.01. The molecule has 2 heterocycles. The molecule has 0 aliphatic carbocycles. The molecule has 6 nitrogen and oxygen atoms in total. The summed E-state index contributed by atoms with van der Waals surface area (Å²) in [6.45, 7) is 3.01. The van der Waals surface area contributed by atoms with E-state index in [4.69, 9.17) is 11.6 Å². The van der Waals surface area contributed by atoms with Crippen LogP contribution in [-0.4, -0.2) is 51.7 Å². The number of carbonyl (C=O) groups is 2. The summed E-state index contributed by atoms with van der Waals surface area (Å²) in [4.78, 5) is 34.4. The average Bonchev–Trinajstić information content (AvgIpc) is 2.29. The summed E-state index contributed by atoms with van der Waals surface area (Å²) in [5.74, 6) is -0.573. The van der Waals surface area contributed by atoms with Crippen LogP contribution in [-0.2, 0) is 16.1 Å². The van der Waals surface area contributed by atoms with Gasteiger partial charge in [-0.05, 0) is 13.0 Å². The van der Waals surface area contributed by atoms with Crippen molar-refractivity contribution in [1.82, 2.24) is 19.8 Å². The summed E-state index contributed by atoms with van der Waals surface area (Å²) in [6.07, 6.45) is 0. The number of amides is 2. The van der Waals surface area contributed by atoms with Crippen LogP contribution in [0.4, 0.5) is 0 Å². The van der Waals surface area contributed by atoms with E-state index in [1.807, 2.05) is 0 Å². The Morgan fingerprint density at radius 2 is 2.00 bits per heavy atom. The molecule has 0 bridgehead atoms. The van der Waals surface area contributed by atoms with Gasteiger partial charge in [-0.15, -0.1) is 0 Å². The molecule has 0 spiro atoms. The number of aryl methyl sites for hydroxylation is 1. The summed E-state index contributed by atoms with van der Waals surface area (Å²) >= 11 is 5.83. The molecular weight excluding hydrogens is 256 g/mol. The molecule has 1 aliphatic heterocycles. The SMILES string of the molecule is Cc1cc(Cl)nc(CN2CCN(C)C(=O)C2=O)n1. The van der Waals surface area contributed by atoms with Gasteiger partial charge in [0.05, 0.1) is 6.54 Å². The first-order valence-corrected chi connectivity index (χ1v) is 5.89. The van der Waals surface area contributed by atoms with Gasteiger partial charge in [-0.25, -0.2) is 9.97 Å². The molecule has 2 amide bonds. The molecule has 7 heteroatoms. The van der Waals surface area contributed by atoms with Crippen LogP contribution in [0.5, 0.6) is 0 Å². The standard InChI is InChI=1S/C11H13ClN4O2/c1-7-5-8(12)14-9(13-7)6-16-4-3-15(2)10(17)11(16)18/h5H,3-4,6H2,1-2H3. The van der Waals surface area contributed by atoms with Crippen molar-refractivity contribution >= 4 is 23.4 Å². The van der Waals surface area contributed by atoms with Crippen LogP contribution in [0.3, 0.4) is 0 Å². The number of halogens is 1. The number of carbonyl (C=O) groups excluding carboxylic acids is 2. The zero-order chi connectivity index (χ0) is 13.3. The van der Waals surface area contributed by atoms with Crippen molar-refractivity contribution in [2.24, 2.45) is 0 Å². The molecule has 0 radical (unpaired) electrons. The Balaban J connectivity index is 2.14. The first-order chi connectivity index (χ1) is 8.47. The maximum atomic E-state index is 11.8. The van der Waals surface area contributed by atoms with E-state index < -0.39 is 11.8 Å². The Morgan fingerprint density at radius 3 is 2.67 bits per heavy atom. The maximum Gasteiger partial charge on any atom is 0.312 e. The van der Waals surface area contributed by atoms with Crippen molar-refractivity contribution in [3.05, 3.63) is 22.7 Å². The van der Waals surface area contributed by atoms with Gasteiger partial charge in [-0.2, -0.15) is 0 Å². The summed E-state index contributed by atoms with van der Waals surface area (Å²) in [6, 6.07) is 1.64. The minimum atomic E-state index is -0.523. The third kappa shape index (κ3) is 2.59. The summed E-state index contributed by atoms with van der Waals surface area (Å²) < 4.78 is 0. The van der Waals surface area contributed by atoms with Gasteiger partial charge in [-0.1, -0.05) is 11.6 Å². The van der Waals surface area contributed by atoms with Crippen LogP contribution in [0.25, 0.3) is 0 Å². The van der Waals surface area contributed by atoms with Crippen LogP contribution >= 0.6 is 11.6 Å². The second kappa shape index (κ2) is 4.89. The Morgan fingerprint density at radius 1 is 1.28 bits per heavy atom. The first-order valence-electron chi connectivity index (χ1n) is 5.52. The van der Waals surface area contributed by atoms with Crippen LogP contribution in [0.15, 0.2) is 6.07 Å². The van der Waals surface area contributed by atoms with Crippen LogP contribution in [0.2, 0.25) is 5.15 Å². The lowest BCUT2D eigenvalue weighted by Gasteiger charge is -2.30. The molecule has 0 unspecified atom stereocenters. The van der Waals surface area contributed by atoms with E-state index in [2.05, 4.69) is 9.97 Å². The number of rotatable bonds is 2. The van der Waals surface area contributed by atoms with Gasteiger partial charge in [0.25, 0.3) is 0 Å². The molecule has 0 saturated carbocycles. The highest BCUT2D eigenvalue weighted by atomic mass is 35.5. The number of hydrogen-bond acceptors (Lipinski definition) is 4. The van der Waals surface area contributed by atoms with Gasteiger partial charge in [0.1, 0.15) is 11.0 Å². The zero-order valence-electron chi connectivity index (χ0n) is 10.2. The highest BCUT2D eigenvalue weighted by molar-refractivity contribution is 6.35. The van der Waals surface area contributed by atoms with E-state index >= 15 is 0 Å². The Hall–Kier alpha value is -1.69. The second-order valence-electron chi connectivity index (χ2n) is 4.20. The van der Waals surface area contributed by atoms with Crippen molar-refractivity contribution in [3.63, 3.8) is 0 Å². The van der Waals surface area contributed by atoms with E-state index in [0.29, 0.717) is 24.1 Å². The predicted molar refractivity (Wildman–Crippen MR) is 64.8 cm³/mol. The van der Waals surface area contributed by atoms with Crippen LogP contribution < -0.4 is 0 Å². The minimum absolute atomic E-state index is 0.208. The van der Waals surface area contributed by atoms with E-state index in [-0.39, 0.29) is 6.54 Å². The van der Waals surface area contributed by atoms with Crippen molar-refractivity contribution in [2.45, 2.75) is 13.5 Å². The van der Waals surface area contributed by atoms with Gasteiger partial charge < -0.3 is 9.80 Å². The Kier molecular flexibility index (Phi) is 3.47. The molecular formula is C11H13ClN4O2. The fourth-order valence-electron chi connectivity index (χ4n) is 1.75. The fraction of sp³-hybridized carbons (Fsp3) is 0.455. The lowest BCUT2D eigenvalue weighted by Crippen LogP contribution is -2.52. The van der Waals surface area contributed by atoms with Gasteiger partial charge >= 0.3 is 11.8 Å². The molecule has 1 aliphatic rings. The summed E-state index contributed by atoms with van der Waals surface area (Å²) in [5, 5.41) is 0.338. The average molecular weight is 269 g/mol. The van der Waals surface area contributed by atoms with E-state index in [9.17, 15) is 9.59 Å². The van der Waals surface area contributed by atoms with Gasteiger partial charge in [0.15, 0.2) is 0 Å². The number of nitrogens with zero attached hydrogens (tertiary/aromatic N) is 4. The highest BCUT2D eigenvalue weighted by Crippen LogP contribution is 2.10. The van der Waals surface area contributed by atoms with E-state index in [0.717, 1.165) is 5.69 Å². The van der Waals surface area contributed by atoms with Crippen molar-refractivity contribution in [2.75, 3.05) is 20.1 Å². The lowest BCUT2D eigenvalue weighted by molar-refractivity contribution is -0.155. The molecule has 0 aromatic carbocycles. The molecule has 2 rings (SSSR count). The molecule has 0 N–H and O–H groups in total. The van der Waals surface area contributed by atoms with Gasteiger partial charge in [0.2, 0.25) is 0 Å². The topological polar surface area (TPSA) is 66.4 Å². The van der Waals surface area contributed by atoms with Gasteiger partial charge in [-0.3, -0.25) is 9.59 Å². The van der Waals surface area contributed by atoms with E-state index in [1.165, 1.54) is 9.80 Å². The number of piperazine rings is 1. The molecule has 0 atom stereocenters. The second-order valence-corrected chi connectivity index (χ2v) is 4.59. The van der Waals surface area contributed by atoms with Crippen molar-refractivity contribution in [3.8, 4) is 0 Å². The molecule has 18 heavy (non-hydrogen) atoms. The number of likely N-dealkylation sites (N-methyl/N-ethyl adjacent to an activating group) is 1. The van der Waals surface area contributed by atoms with E-state index in [1.54, 1.807) is 20.0 Å². The summed E-state index contributed by atoms with van der Waals surface area (Å²) in [7, 11) is 1.61. The molecule has 96 valence electrons. The van der Waals surface area contributed by atoms with Crippen molar-refractivity contribution in [1.29, 1.82) is 0 Å². The lowest BCUT2D eigenvalue weighted by atomic mass is 10.3. The minimum Gasteiger partial charge on any atom is -0.336 e. The predicted octanol–water partition coefficient (Wildman–Crippen LogP) is 0.239. The first kappa shape index (κ1) is 12.8. The maximum absolute atomic E-state index is 11.8. The summed E-state index contributed by atoms with van der Waals surface area (Å²) in [5.41, 5.74) is 0.734. The zero-order valence-corrected chi connectivity index (χ0v) is 10.9. The largest absolute Gasteiger partial charge is 0.336 e. The third-order valence-corrected chi connectivity index (χ3v) is 2.92. The molecule has 1 aromatic heterocycles. The number of hydrogen-bond donors (Lipinski definition) is 0. The smallest absolute Gasteiger partial charge is 0.312 e. The molecule has 1 fully saturated rings. The van der Waals surface area contributed by atoms with Gasteiger partial charge in [0, 0.05) is 25.8 Å². The van der Waals surface area contributed by atoms with Crippen molar-refractivity contribution < 1.29 is 9.59 Å². The monoisotopic (exact) mass is 268 g/mol. The van der Waals surface area contributed by atoms with Crippen LogP contribution in [0.1, 0.15) is 11.5 Å². The molecule has 1 aromatic rings. The normalized spacial score (nSPS) is 16.4. The Bertz CT molecular complexity index is 486.